The maximum absolute atomic E-state index is 13.1. The van der Waals surface area contributed by atoms with Crippen LogP contribution in [0.5, 0.6) is 0 Å². The van der Waals surface area contributed by atoms with E-state index >= 15 is 0 Å². The fourth-order valence-electron chi connectivity index (χ4n) is 5.29. The van der Waals surface area contributed by atoms with Crippen LogP contribution in [0.2, 0.25) is 0 Å². The lowest BCUT2D eigenvalue weighted by atomic mass is 9.99. The number of aromatic nitrogens is 1. The number of aromatic amines is 1. The molecule has 0 spiro atoms. The number of sulfonamides is 1. The molecule has 6 heteroatoms. The molecule has 0 amide bonds. The van der Waals surface area contributed by atoms with Gasteiger partial charge in [0.25, 0.3) is 10.0 Å². The Morgan fingerprint density at radius 3 is 2.58 bits per heavy atom. The minimum Gasteiger partial charge on any atom is -0.361 e. The molecule has 0 radical (unpaired) electrons. The second-order valence-electron chi connectivity index (χ2n) is 8.94. The molecule has 0 bridgehead atoms. The Kier molecular flexibility index (Phi) is 5.00. The molecule has 168 valence electrons. The van der Waals surface area contributed by atoms with Crippen LogP contribution in [-0.2, 0) is 10.0 Å². The standard InChI is InChI=1S/C27H27N3O2S/c31-33(32)26-12-6-8-21-7-5-11-25(27(21)26)30(33)16-4-3-15-29-17-13-20(14-18-29)23-19-28-24-10-2-1-9-22(23)24/h1-2,5-13,19,28H,3-4,14-18H2. The Labute approximate surface area is 194 Å². The zero-order valence-electron chi connectivity index (χ0n) is 18.5. The Balaban J connectivity index is 1.07. The fourth-order valence-corrected chi connectivity index (χ4v) is 7.03. The van der Waals surface area contributed by atoms with Crippen molar-refractivity contribution < 1.29 is 8.42 Å². The smallest absolute Gasteiger partial charge is 0.265 e. The van der Waals surface area contributed by atoms with Crippen molar-refractivity contribution in [2.24, 2.45) is 0 Å². The molecule has 0 saturated carbocycles. The van der Waals surface area contributed by atoms with Crippen molar-refractivity contribution in [3.63, 3.8) is 0 Å². The van der Waals surface area contributed by atoms with E-state index < -0.39 is 10.0 Å². The van der Waals surface area contributed by atoms with Crippen LogP contribution in [0.1, 0.15) is 24.8 Å². The normalized spacial score (nSPS) is 17.7. The number of rotatable bonds is 6. The van der Waals surface area contributed by atoms with Gasteiger partial charge in [0.15, 0.2) is 0 Å². The molecular weight excluding hydrogens is 430 g/mol. The maximum Gasteiger partial charge on any atom is 0.265 e. The van der Waals surface area contributed by atoms with Gasteiger partial charge in [-0.15, -0.1) is 0 Å². The highest BCUT2D eigenvalue weighted by Crippen LogP contribution is 2.42. The van der Waals surface area contributed by atoms with E-state index in [1.165, 1.54) is 22.0 Å². The van der Waals surface area contributed by atoms with Crippen molar-refractivity contribution in [2.45, 2.75) is 24.2 Å². The van der Waals surface area contributed by atoms with Crippen LogP contribution in [0.3, 0.4) is 0 Å². The number of unbranched alkanes of at least 4 members (excludes halogenated alkanes) is 1. The molecule has 0 unspecified atom stereocenters. The summed E-state index contributed by atoms with van der Waals surface area (Å²) in [5.74, 6) is 0. The molecule has 33 heavy (non-hydrogen) atoms. The number of anilines is 1. The average Bonchev–Trinajstić information content (AvgIpc) is 3.36. The maximum atomic E-state index is 13.1. The number of nitrogens with zero attached hydrogens (tertiary/aromatic N) is 2. The summed E-state index contributed by atoms with van der Waals surface area (Å²) in [6.45, 7) is 3.50. The Morgan fingerprint density at radius 2 is 1.73 bits per heavy atom. The summed E-state index contributed by atoms with van der Waals surface area (Å²) in [5.41, 5.74) is 4.74. The predicted octanol–water partition coefficient (Wildman–Crippen LogP) is 5.40. The zero-order chi connectivity index (χ0) is 22.4. The topological polar surface area (TPSA) is 56.4 Å². The number of H-pyrrole nitrogens is 1. The van der Waals surface area contributed by atoms with E-state index in [2.05, 4.69) is 46.4 Å². The van der Waals surface area contributed by atoms with Gasteiger partial charge in [0, 0.05) is 47.7 Å². The van der Waals surface area contributed by atoms with E-state index in [9.17, 15) is 8.42 Å². The molecule has 0 saturated heterocycles. The first-order valence-corrected chi connectivity index (χ1v) is 13.1. The molecule has 0 atom stereocenters. The molecule has 1 N–H and O–H groups in total. The van der Waals surface area contributed by atoms with Crippen LogP contribution in [-0.4, -0.2) is 44.5 Å². The molecule has 4 aromatic rings. The Bertz CT molecular complexity index is 1480. The van der Waals surface area contributed by atoms with Gasteiger partial charge >= 0.3 is 0 Å². The Morgan fingerprint density at radius 1 is 0.909 bits per heavy atom. The molecule has 0 aliphatic carbocycles. The molecule has 0 fully saturated rings. The summed E-state index contributed by atoms with van der Waals surface area (Å²) in [4.78, 5) is 6.29. The molecule has 3 aromatic carbocycles. The van der Waals surface area contributed by atoms with E-state index in [0.29, 0.717) is 11.4 Å². The van der Waals surface area contributed by atoms with Gasteiger partial charge in [-0.05, 0) is 55.0 Å². The summed E-state index contributed by atoms with van der Waals surface area (Å²) in [5, 5.41) is 3.15. The first kappa shape index (κ1) is 20.5. The third-order valence-electron chi connectivity index (χ3n) is 7.00. The molecule has 6 rings (SSSR count). The lowest BCUT2D eigenvalue weighted by Crippen LogP contribution is -2.31. The summed E-state index contributed by atoms with van der Waals surface area (Å²) in [6.07, 6.45) is 7.34. The van der Waals surface area contributed by atoms with Crippen LogP contribution in [0.4, 0.5) is 5.69 Å². The number of fused-ring (bicyclic) bond motifs is 1. The minimum absolute atomic E-state index is 0.446. The highest BCUT2D eigenvalue weighted by atomic mass is 32.2. The lowest BCUT2D eigenvalue weighted by molar-refractivity contribution is 0.296. The molecule has 3 heterocycles. The van der Waals surface area contributed by atoms with Crippen molar-refractivity contribution in [3.8, 4) is 0 Å². The van der Waals surface area contributed by atoms with Crippen molar-refractivity contribution in [1.29, 1.82) is 0 Å². The highest BCUT2D eigenvalue weighted by Gasteiger charge is 2.34. The molecule has 2 aliphatic heterocycles. The van der Waals surface area contributed by atoms with E-state index in [-0.39, 0.29) is 0 Å². The number of benzene rings is 3. The van der Waals surface area contributed by atoms with Gasteiger partial charge in [-0.3, -0.25) is 9.21 Å². The van der Waals surface area contributed by atoms with Crippen molar-refractivity contribution in [1.82, 2.24) is 9.88 Å². The minimum atomic E-state index is -3.45. The SMILES string of the molecule is O=S1(=O)c2cccc3cccc(c23)N1CCCCN1CC=C(c2c[nH]c3ccccc23)CC1. The van der Waals surface area contributed by atoms with E-state index in [0.717, 1.165) is 55.4 Å². The van der Waals surface area contributed by atoms with Crippen molar-refractivity contribution in [3.05, 3.63) is 78.5 Å². The third kappa shape index (κ3) is 3.45. The van der Waals surface area contributed by atoms with Crippen LogP contribution in [0.15, 0.2) is 77.8 Å². The second-order valence-corrected chi connectivity index (χ2v) is 10.8. The van der Waals surface area contributed by atoms with Gasteiger partial charge in [-0.1, -0.05) is 48.5 Å². The summed E-state index contributed by atoms with van der Waals surface area (Å²) >= 11 is 0. The first-order valence-electron chi connectivity index (χ1n) is 11.7. The Hall–Kier alpha value is -3.09. The fraction of sp³-hybridized carbons (Fsp3) is 0.259. The number of hydrogen-bond acceptors (Lipinski definition) is 3. The van der Waals surface area contributed by atoms with E-state index in [1.54, 1.807) is 10.4 Å². The van der Waals surface area contributed by atoms with Crippen molar-refractivity contribution >= 4 is 43.0 Å². The molecule has 5 nitrogen and oxygen atoms in total. The average molecular weight is 458 g/mol. The van der Waals surface area contributed by atoms with Crippen molar-refractivity contribution in [2.75, 3.05) is 30.5 Å². The van der Waals surface area contributed by atoms with Crippen LogP contribution in [0.25, 0.3) is 27.2 Å². The summed E-state index contributed by atoms with van der Waals surface area (Å²) < 4.78 is 27.8. The monoisotopic (exact) mass is 457 g/mol. The van der Waals surface area contributed by atoms with E-state index in [1.807, 2.05) is 30.3 Å². The quantitative estimate of drug-likeness (QED) is 0.395. The van der Waals surface area contributed by atoms with Gasteiger partial charge in [0.1, 0.15) is 0 Å². The van der Waals surface area contributed by atoms with E-state index in [4.69, 9.17) is 0 Å². The second kappa shape index (κ2) is 8.04. The largest absolute Gasteiger partial charge is 0.361 e. The highest BCUT2D eigenvalue weighted by molar-refractivity contribution is 7.93. The first-order chi connectivity index (χ1) is 16.1. The molecule has 1 aromatic heterocycles. The van der Waals surface area contributed by atoms with Crippen LogP contribution in [0, 0.1) is 0 Å². The zero-order valence-corrected chi connectivity index (χ0v) is 19.3. The molecule has 2 aliphatic rings. The third-order valence-corrected chi connectivity index (χ3v) is 8.85. The number of hydrogen-bond donors (Lipinski definition) is 1. The van der Waals surface area contributed by atoms with Crippen LogP contribution < -0.4 is 4.31 Å². The van der Waals surface area contributed by atoms with Crippen LogP contribution >= 0.6 is 0 Å². The predicted molar refractivity (Wildman–Crippen MR) is 135 cm³/mol. The van der Waals surface area contributed by atoms with Gasteiger partial charge in [-0.25, -0.2) is 8.42 Å². The lowest BCUT2D eigenvalue weighted by Gasteiger charge is -2.26. The number of nitrogens with one attached hydrogen (secondary N) is 1. The van der Waals surface area contributed by atoms with Gasteiger partial charge in [-0.2, -0.15) is 0 Å². The number of para-hydroxylation sites is 1. The summed E-state index contributed by atoms with van der Waals surface area (Å²) in [7, 11) is -3.45. The van der Waals surface area contributed by atoms with Gasteiger partial charge in [0.05, 0.1) is 10.6 Å². The van der Waals surface area contributed by atoms with Gasteiger partial charge < -0.3 is 4.98 Å². The summed E-state index contributed by atoms with van der Waals surface area (Å²) in [6, 6.07) is 19.8. The van der Waals surface area contributed by atoms with Gasteiger partial charge in [0.2, 0.25) is 0 Å². The molecular formula is C27H27N3O2S.